The number of carbonyl (C=O) groups is 2. The summed E-state index contributed by atoms with van der Waals surface area (Å²) in [5.41, 5.74) is 8.84. The molecule has 4 nitrogen and oxygen atoms in total. The van der Waals surface area contributed by atoms with E-state index in [0.29, 0.717) is 10.4 Å². The third kappa shape index (κ3) is 3.67. The molecular weight excluding hydrogens is 320 g/mol. The normalized spacial score (nSPS) is 13.8. The summed E-state index contributed by atoms with van der Waals surface area (Å²) in [6.45, 7) is 3.82. The number of thiophene rings is 1. The maximum atomic E-state index is 12.3. The molecule has 2 aromatic rings. The molecule has 5 heteroatoms. The van der Waals surface area contributed by atoms with Crippen molar-refractivity contribution in [1.82, 2.24) is 10.9 Å². The van der Waals surface area contributed by atoms with Crippen molar-refractivity contribution in [1.29, 1.82) is 0 Å². The van der Waals surface area contributed by atoms with Crippen molar-refractivity contribution in [3.8, 4) is 0 Å². The van der Waals surface area contributed by atoms with Crippen molar-refractivity contribution in [3.05, 3.63) is 56.3 Å². The maximum Gasteiger partial charge on any atom is 0.279 e. The topological polar surface area (TPSA) is 58.2 Å². The minimum Gasteiger partial charge on any atom is -0.267 e. The zero-order valence-corrected chi connectivity index (χ0v) is 14.9. The van der Waals surface area contributed by atoms with Crippen molar-refractivity contribution in [2.45, 2.75) is 46.0 Å². The van der Waals surface area contributed by atoms with Crippen molar-refractivity contribution in [2.75, 3.05) is 0 Å². The molecule has 1 heterocycles. The number of carbonyl (C=O) groups excluding carboxylic acids is 2. The first-order chi connectivity index (χ1) is 11.5. The Bertz CT molecular complexity index is 756. The molecule has 2 amide bonds. The Labute approximate surface area is 146 Å². The summed E-state index contributed by atoms with van der Waals surface area (Å²) >= 11 is 1.55. The van der Waals surface area contributed by atoms with Crippen molar-refractivity contribution >= 4 is 23.2 Å². The lowest BCUT2D eigenvalue weighted by atomic mass is 10.1. The number of rotatable bonds is 2. The smallest absolute Gasteiger partial charge is 0.267 e. The van der Waals surface area contributed by atoms with Gasteiger partial charge in [0, 0.05) is 10.4 Å². The van der Waals surface area contributed by atoms with Gasteiger partial charge in [-0.3, -0.25) is 20.4 Å². The molecule has 24 heavy (non-hydrogen) atoms. The quantitative estimate of drug-likeness (QED) is 0.646. The summed E-state index contributed by atoms with van der Waals surface area (Å²) in [6, 6.07) is 7.67. The van der Waals surface area contributed by atoms with E-state index in [0.717, 1.165) is 24.0 Å². The van der Waals surface area contributed by atoms with Crippen LogP contribution in [0.1, 0.15) is 60.9 Å². The summed E-state index contributed by atoms with van der Waals surface area (Å²) in [5.74, 6) is -0.533. The Morgan fingerprint density at radius 2 is 1.71 bits per heavy atom. The summed E-state index contributed by atoms with van der Waals surface area (Å²) in [4.78, 5) is 26.6. The molecule has 1 aromatic carbocycles. The molecule has 1 aliphatic rings. The summed E-state index contributed by atoms with van der Waals surface area (Å²) in [6.07, 6.45) is 5.75. The van der Waals surface area contributed by atoms with E-state index in [-0.39, 0.29) is 11.8 Å². The second-order valence-corrected chi connectivity index (χ2v) is 7.48. The van der Waals surface area contributed by atoms with E-state index in [1.807, 2.05) is 38.1 Å². The van der Waals surface area contributed by atoms with Crippen LogP contribution in [0.5, 0.6) is 0 Å². The fourth-order valence-corrected chi connectivity index (χ4v) is 4.15. The van der Waals surface area contributed by atoms with Crippen LogP contribution in [0.4, 0.5) is 0 Å². The van der Waals surface area contributed by atoms with Crippen LogP contribution in [0.2, 0.25) is 0 Å². The van der Waals surface area contributed by atoms with Gasteiger partial charge in [0.25, 0.3) is 11.8 Å². The van der Waals surface area contributed by atoms with Crippen LogP contribution in [0.3, 0.4) is 0 Å². The Morgan fingerprint density at radius 1 is 0.958 bits per heavy atom. The third-order valence-electron chi connectivity index (χ3n) is 4.40. The first kappa shape index (κ1) is 16.7. The number of benzene rings is 1. The van der Waals surface area contributed by atoms with E-state index < -0.39 is 0 Å². The number of hydrogen-bond donors (Lipinski definition) is 2. The minimum absolute atomic E-state index is 0.244. The molecule has 0 saturated heterocycles. The fourth-order valence-electron chi connectivity index (χ4n) is 3.00. The molecule has 0 spiro atoms. The average Bonchev–Trinajstić information content (AvgIpc) is 2.85. The van der Waals surface area contributed by atoms with Crippen LogP contribution in [-0.4, -0.2) is 11.8 Å². The molecule has 0 saturated carbocycles. The lowest BCUT2D eigenvalue weighted by Gasteiger charge is -2.09. The molecule has 1 aromatic heterocycles. The number of fused-ring (bicyclic) bond motifs is 1. The first-order valence-corrected chi connectivity index (χ1v) is 9.16. The largest absolute Gasteiger partial charge is 0.279 e. The minimum atomic E-state index is -0.289. The second kappa shape index (κ2) is 7.18. The van der Waals surface area contributed by atoms with Crippen LogP contribution in [0.25, 0.3) is 0 Å². The predicted molar refractivity (Wildman–Crippen MR) is 96.4 cm³/mol. The maximum absolute atomic E-state index is 12.3. The number of hydrazine groups is 1. The number of aryl methyl sites for hydroxylation is 4. The second-order valence-electron chi connectivity index (χ2n) is 6.35. The standard InChI is InChI=1S/C19H22N2O2S/c1-12-8-9-13(2)15(10-12)18(22)20-21-19(23)17-11-14-6-4-3-5-7-16(14)24-17/h8-11H,3-7H2,1-2H3,(H,20,22)(H,21,23). The van der Waals surface area contributed by atoms with E-state index >= 15 is 0 Å². The highest BCUT2D eigenvalue weighted by molar-refractivity contribution is 7.14. The molecular formula is C19H22N2O2S. The molecule has 0 fully saturated rings. The fraction of sp³-hybridized carbons (Fsp3) is 0.368. The van der Waals surface area contributed by atoms with Crippen LogP contribution >= 0.6 is 11.3 Å². The molecule has 126 valence electrons. The van der Waals surface area contributed by atoms with Gasteiger partial charge in [0.1, 0.15) is 0 Å². The van der Waals surface area contributed by atoms with Gasteiger partial charge in [-0.1, -0.05) is 24.1 Å². The Balaban J connectivity index is 1.65. The molecule has 0 atom stereocenters. The number of hydrogen-bond acceptors (Lipinski definition) is 3. The van der Waals surface area contributed by atoms with Gasteiger partial charge in [0.15, 0.2) is 0 Å². The van der Waals surface area contributed by atoms with Gasteiger partial charge in [-0.2, -0.15) is 0 Å². The Kier molecular flexibility index (Phi) is 5.00. The van der Waals surface area contributed by atoms with Crippen LogP contribution in [0, 0.1) is 13.8 Å². The van der Waals surface area contributed by atoms with E-state index in [2.05, 4.69) is 10.9 Å². The van der Waals surface area contributed by atoms with Crippen molar-refractivity contribution in [2.24, 2.45) is 0 Å². The van der Waals surface area contributed by atoms with Gasteiger partial charge in [-0.15, -0.1) is 11.3 Å². The highest BCUT2D eigenvalue weighted by Crippen LogP contribution is 2.28. The van der Waals surface area contributed by atoms with E-state index in [9.17, 15) is 9.59 Å². The zero-order valence-electron chi connectivity index (χ0n) is 14.1. The molecule has 1 aliphatic carbocycles. The van der Waals surface area contributed by atoms with Gasteiger partial charge in [0.2, 0.25) is 0 Å². The van der Waals surface area contributed by atoms with Gasteiger partial charge in [-0.05, 0) is 62.8 Å². The lowest BCUT2D eigenvalue weighted by molar-refractivity contribution is 0.0848. The molecule has 0 bridgehead atoms. The first-order valence-electron chi connectivity index (χ1n) is 8.34. The van der Waals surface area contributed by atoms with Crippen LogP contribution < -0.4 is 10.9 Å². The average molecular weight is 342 g/mol. The number of nitrogens with one attached hydrogen (secondary N) is 2. The SMILES string of the molecule is Cc1ccc(C)c(C(=O)NNC(=O)c2cc3c(s2)CCCCC3)c1. The highest BCUT2D eigenvalue weighted by Gasteiger charge is 2.17. The van der Waals surface area contributed by atoms with Gasteiger partial charge >= 0.3 is 0 Å². The molecule has 2 N–H and O–H groups in total. The molecule has 0 aliphatic heterocycles. The van der Waals surface area contributed by atoms with E-state index in [4.69, 9.17) is 0 Å². The van der Waals surface area contributed by atoms with Crippen LogP contribution in [0.15, 0.2) is 24.3 Å². The number of amides is 2. The lowest BCUT2D eigenvalue weighted by Crippen LogP contribution is -2.41. The molecule has 0 unspecified atom stereocenters. The highest BCUT2D eigenvalue weighted by atomic mass is 32.1. The van der Waals surface area contributed by atoms with Gasteiger partial charge < -0.3 is 0 Å². The van der Waals surface area contributed by atoms with Gasteiger partial charge in [-0.25, -0.2) is 0 Å². The van der Waals surface area contributed by atoms with E-state index in [1.165, 1.54) is 29.7 Å². The zero-order chi connectivity index (χ0) is 17.1. The Hall–Kier alpha value is -2.14. The summed E-state index contributed by atoms with van der Waals surface area (Å²) in [5, 5.41) is 0. The predicted octanol–water partition coefficient (Wildman–Crippen LogP) is 3.71. The summed E-state index contributed by atoms with van der Waals surface area (Å²) in [7, 11) is 0. The van der Waals surface area contributed by atoms with E-state index in [1.54, 1.807) is 11.3 Å². The Morgan fingerprint density at radius 3 is 2.54 bits per heavy atom. The van der Waals surface area contributed by atoms with Crippen molar-refractivity contribution in [3.63, 3.8) is 0 Å². The summed E-state index contributed by atoms with van der Waals surface area (Å²) < 4.78 is 0. The monoisotopic (exact) mass is 342 g/mol. The molecule has 0 radical (unpaired) electrons. The third-order valence-corrected chi connectivity index (χ3v) is 5.63. The van der Waals surface area contributed by atoms with Gasteiger partial charge in [0.05, 0.1) is 4.88 Å². The van der Waals surface area contributed by atoms with Crippen molar-refractivity contribution < 1.29 is 9.59 Å². The molecule has 3 rings (SSSR count). The van der Waals surface area contributed by atoms with Crippen LogP contribution in [-0.2, 0) is 12.8 Å².